The monoisotopic (exact) mass is 500 g/mol. The van der Waals surface area contributed by atoms with Gasteiger partial charge in [0.2, 0.25) is 10.0 Å². The lowest BCUT2D eigenvalue weighted by atomic mass is 9.87. The number of sulfonamides is 1. The van der Waals surface area contributed by atoms with Crippen LogP contribution in [-0.2, 0) is 31.1 Å². The van der Waals surface area contributed by atoms with E-state index in [1.54, 1.807) is 13.2 Å². The van der Waals surface area contributed by atoms with Crippen LogP contribution in [0.2, 0.25) is 0 Å². The Labute approximate surface area is 193 Å². The lowest BCUT2D eigenvalue weighted by Crippen LogP contribution is -2.51. The molecule has 32 heavy (non-hydrogen) atoms. The predicted octanol–water partition coefficient (Wildman–Crippen LogP) is 2.34. The second-order valence-corrected chi connectivity index (χ2v) is 13.8. The number of primary sulfonamides is 1. The van der Waals surface area contributed by atoms with Crippen molar-refractivity contribution in [1.82, 2.24) is 4.90 Å². The van der Waals surface area contributed by atoms with Crippen LogP contribution in [0.25, 0.3) is 0 Å². The Morgan fingerprint density at radius 2 is 1.97 bits per heavy atom. The number of nitrogens with two attached hydrogens (primary N) is 1. The molecule has 0 aromatic heterocycles. The van der Waals surface area contributed by atoms with E-state index in [4.69, 9.17) is 14.6 Å². The molecule has 2 N–H and O–H groups in total. The maximum Gasteiger partial charge on any atom is 0.244 e. The van der Waals surface area contributed by atoms with Gasteiger partial charge in [-0.3, -0.25) is 4.90 Å². The first-order chi connectivity index (χ1) is 15.1. The van der Waals surface area contributed by atoms with E-state index >= 15 is 0 Å². The zero-order valence-corrected chi connectivity index (χ0v) is 20.7. The molecule has 4 aliphatic rings. The van der Waals surface area contributed by atoms with Gasteiger partial charge in [0.15, 0.2) is 9.84 Å². The van der Waals surface area contributed by atoms with E-state index in [0.717, 1.165) is 28.6 Å². The fourth-order valence-electron chi connectivity index (χ4n) is 5.09. The SMILES string of the molecule is CCC(OC)C12CC3=C(S/C(S(N)(=O)=O)=C\C(C1)N(Cc1ccc(OC)cc1)C3)S2(=O)=O. The third-order valence-electron chi connectivity index (χ3n) is 6.59. The number of nitrogens with zero attached hydrogens (tertiary/aromatic N) is 1. The zero-order chi connectivity index (χ0) is 23.3. The zero-order valence-electron chi connectivity index (χ0n) is 18.3. The van der Waals surface area contributed by atoms with Gasteiger partial charge >= 0.3 is 0 Å². The summed E-state index contributed by atoms with van der Waals surface area (Å²) in [6.07, 6.45) is 2.25. The van der Waals surface area contributed by atoms with E-state index in [9.17, 15) is 16.8 Å². The topological polar surface area (TPSA) is 116 Å². The Kier molecular flexibility index (Phi) is 6.27. The van der Waals surface area contributed by atoms with Crippen molar-refractivity contribution in [2.45, 2.75) is 49.6 Å². The number of rotatable bonds is 7. The van der Waals surface area contributed by atoms with E-state index in [0.29, 0.717) is 25.9 Å². The van der Waals surface area contributed by atoms with Gasteiger partial charge in [-0.25, -0.2) is 22.0 Å². The highest BCUT2D eigenvalue weighted by Gasteiger charge is 2.61. The molecule has 1 fully saturated rings. The molecule has 5 rings (SSSR count). The van der Waals surface area contributed by atoms with E-state index in [-0.39, 0.29) is 14.9 Å². The molecule has 0 amide bonds. The van der Waals surface area contributed by atoms with Crippen LogP contribution in [0.5, 0.6) is 5.75 Å². The minimum atomic E-state index is -4.07. The standard InChI is InChI=1S/C21H28N2O6S3/c1-4-18(29-3)21-10-15-13-23(12-14-5-7-17(28-2)8-6-14)16(11-21)9-19(32(22,26)27)30-20(15)31(21,24)25/h5-9,16,18H,4,10-13H2,1-3H3,(H2,22,26,27)/b19-9+. The maximum atomic E-state index is 13.8. The van der Waals surface area contributed by atoms with Crippen molar-refractivity contribution in [2.75, 3.05) is 20.8 Å². The van der Waals surface area contributed by atoms with Gasteiger partial charge in [-0.2, -0.15) is 0 Å². The Morgan fingerprint density at radius 3 is 2.53 bits per heavy atom. The van der Waals surface area contributed by atoms with Gasteiger partial charge < -0.3 is 9.47 Å². The quantitative estimate of drug-likeness (QED) is 0.607. The normalized spacial score (nSPS) is 29.9. The Bertz CT molecular complexity index is 1170. The molecule has 1 aromatic carbocycles. The number of benzene rings is 1. The number of methoxy groups -OCH3 is 2. The third-order valence-corrected chi connectivity index (χ3v) is 12.4. The minimum absolute atomic E-state index is 0.112. The van der Waals surface area contributed by atoms with Gasteiger partial charge in [-0.1, -0.05) is 30.8 Å². The molecular formula is C21H28N2O6S3. The van der Waals surface area contributed by atoms with Crippen molar-refractivity contribution in [3.05, 3.63) is 50.0 Å². The highest BCUT2D eigenvalue weighted by Crippen LogP contribution is 2.56. The molecule has 176 valence electrons. The van der Waals surface area contributed by atoms with Crippen LogP contribution in [0.15, 0.2) is 44.4 Å². The molecule has 8 nitrogen and oxygen atoms in total. The van der Waals surface area contributed by atoms with Crippen LogP contribution in [0.3, 0.4) is 0 Å². The van der Waals surface area contributed by atoms with E-state index in [2.05, 4.69) is 4.90 Å². The largest absolute Gasteiger partial charge is 0.497 e. The Morgan fingerprint density at radius 1 is 1.28 bits per heavy atom. The number of fused-ring (bicyclic) bond motifs is 2. The second kappa shape index (κ2) is 8.44. The highest BCUT2D eigenvalue weighted by atomic mass is 32.3. The molecule has 1 saturated heterocycles. The van der Waals surface area contributed by atoms with Gasteiger partial charge in [-0.05, 0) is 48.6 Å². The van der Waals surface area contributed by atoms with Crippen LogP contribution in [0.4, 0.5) is 0 Å². The van der Waals surface area contributed by atoms with Crippen molar-refractivity contribution in [1.29, 1.82) is 0 Å². The van der Waals surface area contributed by atoms with Crippen LogP contribution in [0.1, 0.15) is 31.7 Å². The smallest absolute Gasteiger partial charge is 0.244 e. The maximum absolute atomic E-state index is 13.8. The Balaban J connectivity index is 1.84. The molecule has 0 spiro atoms. The summed E-state index contributed by atoms with van der Waals surface area (Å²) in [5, 5.41) is 5.47. The summed E-state index contributed by atoms with van der Waals surface area (Å²) in [6, 6.07) is 7.22. The van der Waals surface area contributed by atoms with E-state index in [1.807, 2.05) is 31.2 Å². The van der Waals surface area contributed by atoms with Gasteiger partial charge in [0.1, 0.15) is 19.0 Å². The summed E-state index contributed by atoms with van der Waals surface area (Å²) in [6.45, 7) is 2.88. The minimum Gasteiger partial charge on any atom is -0.497 e. The molecule has 3 atom stereocenters. The molecule has 0 saturated carbocycles. The summed E-state index contributed by atoms with van der Waals surface area (Å²) in [7, 11) is -4.72. The lowest BCUT2D eigenvalue weighted by molar-refractivity contribution is 0.0544. The van der Waals surface area contributed by atoms with Gasteiger partial charge in [-0.15, -0.1) is 0 Å². The van der Waals surface area contributed by atoms with Crippen molar-refractivity contribution in [3.63, 3.8) is 0 Å². The summed E-state index contributed by atoms with van der Waals surface area (Å²) >= 11 is 0.776. The number of hydrogen-bond acceptors (Lipinski definition) is 8. The van der Waals surface area contributed by atoms with Crippen LogP contribution in [0, 0.1) is 0 Å². The lowest BCUT2D eigenvalue weighted by Gasteiger charge is -2.40. The van der Waals surface area contributed by atoms with Gasteiger partial charge in [0.25, 0.3) is 0 Å². The number of hydrogen-bond donors (Lipinski definition) is 1. The van der Waals surface area contributed by atoms with Gasteiger partial charge in [0.05, 0.1) is 13.2 Å². The molecule has 0 radical (unpaired) electrons. The molecule has 4 aliphatic heterocycles. The fraction of sp³-hybridized carbons (Fsp3) is 0.524. The average molecular weight is 501 g/mol. The summed E-state index contributed by atoms with van der Waals surface area (Å²) in [4.78, 5) is 2.13. The first-order valence-electron chi connectivity index (χ1n) is 10.3. The molecular weight excluding hydrogens is 472 g/mol. The summed E-state index contributed by atoms with van der Waals surface area (Å²) in [5.74, 6) is 0.745. The Hall–Kier alpha value is -1.37. The van der Waals surface area contributed by atoms with E-state index in [1.165, 1.54) is 7.11 Å². The van der Waals surface area contributed by atoms with Crippen molar-refractivity contribution in [3.8, 4) is 5.75 Å². The highest BCUT2D eigenvalue weighted by molar-refractivity contribution is 8.28. The average Bonchev–Trinajstić information content (AvgIpc) is 2.84. The van der Waals surface area contributed by atoms with Crippen LogP contribution in [-0.4, -0.2) is 59.4 Å². The molecule has 0 aliphatic carbocycles. The molecule has 3 unspecified atom stereocenters. The number of thioether (sulfide) groups is 1. The summed E-state index contributed by atoms with van der Waals surface area (Å²) < 4.78 is 61.9. The first-order valence-corrected chi connectivity index (χ1v) is 14.2. The second-order valence-electron chi connectivity index (χ2n) is 8.43. The number of ether oxygens (including phenoxy) is 2. The molecule has 1 aromatic rings. The van der Waals surface area contributed by atoms with Crippen molar-refractivity contribution in [2.24, 2.45) is 5.14 Å². The van der Waals surface area contributed by atoms with Crippen LogP contribution < -0.4 is 9.88 Å². The molecule has 4 bridgehead atoms. The van der Waals surface area contributed by atoms with Gasteiger partial charge in [0, 0.05) is 26.2 Å². The molecule has 11 heteroatoms. The fourth-order valence-corrected chi connectivity index (χ4v) is 10.5. The molecule has 4 heterocycles. The van der Waals surface area contributed by atoms with Crippen molar-refractivity contribution < 1.29 is 26.3 Å². The number of sulfone groups is 1. The summed E-state index contributed by atoms with van der Waals surface area (Å²) in [5.41, 5.74) is 1.75. The van der Waals surface area contributed by atoms with E-state index < -0.39 is 36.8 Å². The third kappa shape index (κ3) is 3.82. The van der Waals surface area contributed by atoms with Crippen LogP contribution >= 0.6 is 11.8 Å². The van der Waals surface area contributed by atoms with Crippen molar-refractivity contribution >= 4 is 31.6 Å². The first kappa shape index (κ1) is 23.8. The predicted molar refractivity (Wildman–Crippen MR) is 125 cm³/mol.